The first-order valence-corrected chi connectivity index (χ1v) is 7.32. The van der Waals surface area contributed by atoms with Crippen molar-refractivity contribution in [2.75, 3.05) is 0 Å². The predicted octanol–water partition coefficient (Wildman–Crippen LogP) is 1.06. The topological polar surface area (TPSA) is 107 Å². The number of esters is 2. The van der Waals surface area contributed by atoms with E-state index in [1.807, 2.05) is 0 Å². The maximum atomic E-state index is 11.6. The fourth-order valence-corrected chi connectivity index (χ4v) is 2.06. The second-order valence-electron chi connectivity index (χ2n) is 3.96. The van der Waals surface area contributed by atoms with Crippen molar-refractivity contribution < 1.29 is 32.0 Å². The Morgan fingerprint density at radius 3 is 2.43 bits per heavy atom. The van der Waals surface area contributed by atoms with Crippen molar-refractivity contribution in [2.24, 2.45) is 0 Å². The number of rotatable bonds is 7. The zero-order valence-corrected chi connectivity index (χ0v) is 11.8. The summed E-state index contributed by atoms with van der Waals surface area (Å²) >= 11 is 0. The van der Waals surface area contributed by atoms with Gasteiger partial charge in [0.1, 0.15) is 6.61 Å². The van der Waals surface area contributed by atoms with Gasteiger partial charge in [-0.1, -0.05) is 36.9 Å². The van der Waals surface area contributed by atoms with E-state index in [0.29, 0.717) is 11.8 Å². The van der Waals surface area contributed by atoms with E-state index in [2.05, 4.69) is 11.3 Å². The van der Waals surface area contributed by atoms with E-state index in [-0.39, 0.29) is 6.61 Å². The third-order valence-corrected chi connectivity index (χ3v) is 3.49. The molecule has 1 aromatic carbocycles. The minimum absolute atomic E-state index is 0.0750. The Morgan fingerprint density at radius 1 is 1.29 bits per heavy atom. The number of benzene rings is 1. The van der Waals surface area contributed by atoms with Gasteiger partial charge in [0.05, 0.1) is 12.7 Å². The molecule has 1 N–H and O–H groups in total. The van der Waals surface area contributed by atoms with Crippen LogP contribution in [0.15, 0.2) is 43.2 Å². The molecule has 0 heterocycles. The van der Waals surface area contributed by atoms with Crippen LogP contribution in [0.5, 0.6) is 0 Å². The third kappa shape index (κ3) is 5.76. The highest BCUT2D eigenvalue weighted by Gasteiger charge is 2.35. The van der Waals surface area contributed by atoms with E-state index >= 15 is 0 Å². The molecule has 1 rings (SSSR count). The lowest BCUT2D eigenvalue weighted by Crippen LogP contribution is -2.33. The molecule has 0 bridgehead atoms. The van der Waals surface area contributed by atoms with Crippen LogP contribution >= 0.6 is 0 Å². The molecule has 0 aliphatic carbocycles. The van der Waals surface area contributed by atoms with Gasteiger partial charge < -0.3 is 9.47 Å². The van der Waals surface area contributed by atoms with Crippen molar-refractivity contribution in [3.63, 3.8) is 0 Å². The lowest BCUT2D eigenvalue weighted by atomic mass is 10.2. The summed E-state index contributed by atoms with van der Waals surface area (Å²) in [5, 5.41) is -2.04. The SMILES string of the molecule is C=COC(=O)C(CC(=O)OCc1ccccc1)S(=O)(=O)O. The fourth-order valence-electron chi connectivity index (χ4n) is 1.42. The van der Waals surface area contributed by atoms with Gasteiger partial charge in [-0.25, -0.2) is 0 Å². The van der Waals surface area contributed by atoms with E-state index in [0.717, 1.165) is 0 Å². The second-order valence-corrected chi connectivity index (χ2v) is 5.56. The molecule has 0 aromatic heterocycles. The van der Waals surface area contributed by atoms with Crippen LogP contribution in [-0.2, 0) is 35.8 Å². The van der Waals surface area contributed by atoms with Crippen LogP contribution in [0.25, 0.3) is 0 Å². The maximum Gasteiger partial charge on any atom is 0.332 e. The molecule has 1 aromatic rings. The fraction of sp³-hybridized carbons (Fsp3) is 0.231. The molecule has 0 spiro atoms. The van der Waals surface area contributed by atoms with Gasteiger partial charge in [0.15, 0.2) is 5.25 Å². The van der Waals surface area contributed by atoms with Gasteiger partial charge in [-0.05, 0) is 5.56 Å². The van der Waals surface area contributed by atoms with Gasteiger partial charge in [-0.15, -0.1) is 0 Å². The van der Waals surface area contributed by atoms with Crippen LogP contribution < -0.4 is 0 Å². The van der Waals surface area contributed by atoms with E-state index in [4.69, 9.17) is 9.29 Å². The van der Waals surface area contributed by atoms with Gasteiger partial charge in [-0.3, -0.25) is 14.1 Å². The summed E-state index contributed by atoms with van der Waals surface area (Å²) in [6.45, 7) is 3.01. The average molecular weight is 314 g/mol. The third-order valence-electron chi connectivity index (χ3n) is 2.42. The smallest absolute Gasteiger partial charge is 0.332 e. The lowest BCUT2D eigenvalue weighted by Gasteiger charge is -2.11. The molecule has 0 radical (unpaired) electrons. The van der Waals surface area contributed by atoms with Crippen molar-refractivity contribution in [2.45, 2.75) is 18.3 Å². The second kappa shape index (κ2) is 7.55. The van der Waals surface area contributed by atoms with Crippen LogP contribution in [0.1, 0.15) is 12.0 Å². The summed E-state index contributed by atoms with van der Waals surface area (Å²) in [4.78, 5) is 22.9. The summed E-state index contributed by atoms with van der Waals surface area (Å²) < 4.78 is 40.2. The minimum atomic E-state index is -4.79. The van der Waals surface area contributed by atoms with Crippen LogP contribution in [-0.4, -0.2) is 30.2 Å². The maximum absolute atomic E-state index is 11.6. The zero-order chi connectivity index (χ0) is 15.9. The van der Waals surface area contributed by atoms with Crippen LogP contribution in [0.4, 0.5) is 0 Å². The Kier molecular flexibility index (Phi) is 6.07. The first-order valence-electron chi connectivity index (χ1n) is 5.82. The molecule has 21 heavy (non-hydrogen) atoms. The standard InChI is InChI=1S/C13H14O7S/c1-2-19-13(15)11(21(16,17)18)8-12(14)20-9-10-6-4-3-5-7-10/h2-7,11H,1,8-9H2,(H,16,17,18). The normalized spacial score (nSPS) is 12.2. The molecule has 0 saturated carbocycles. The molecule has 114 valence electrons. The Hall–Kier alpha value is -2.19. The van der Waals surface area contributed by atoms with E-state index in [9.17, 15) is 18.0 Å². The molecule has 0 aliphatic heterocycles. The largest absolute Gasteiger partial charge is 0.461 e. The molecule has 0 aliphatic rings. The van der Waals surface area contributed by atoms with Crippen molar-refractivity contribution >= 4 is 22.1 Å². The Balaban J connectivity index is 2.64. The van der Waals surface area contributed by atoms with Gasteiger partial charge in [-0.2, -0.15) is 8.42 Å². The zero-order valence-electron chi connectivity index (χ0n) is 11.0. The van der Waals surface area contributed by atoms with Crippen molar-refractivity contribution in [1.82, 2.24) is 0 Å². The summed E-state index contributed by atoms with van der Waals surface area (Å²) in [6, 6.07) is 8.68. The highest BCUT2D eigenvalue weighted by atomic mass is 32.2. The number of hydrogen-bond donors (Lipinski definition) is 1. The molecule has 0 saturated heterocycles. The molecular weight excluding hydrogens is 300 g/mol. The summed E-state index contributed by atoms with van der Waals surface area (Å²) in [5.41, 5.74) is 0.697. The van der Waals surface area contributed by atoms with Crippen LogP contribution in [0, 0.1) is 0 Å². The average Bonchev–Trinajstić information content (AvgIpc) is 2.42. The highest BCUT2D eigenvalue weighted by Crippen LogP contribution is 2.10. The molecule has 1 unspecified atom stereocenters. The van der Waals surface area contributed by atoms with Gasteiger partial charge in [0.25, 0.3) is 10.1 Å². The van der Waals surface area contributed by atoms with Crippen molar-refractivity contribution in [1.29, 1.82) is 0 Å². The van der Waals surface area contributed by atoms with E-state index < -0.39 is 33.7 Å². The highest BCUT2D eigenvalue weighted by molar-refractivity contribution is 7.87. The van der Waals surface area contributed by atoms with Gasteiger partial charge >= 0.3 is 11.9 Å². The van der Waals surface area contributed by atoms with Crippen molar-refractivity contribution in [3.05, 3.63) is 48.7 Å². The van der Waals surface area contributed by atoms with Crippen LogP contribution in [0.2, 0.25) is 0 Å². The number of carbonyl (C=O) groups is 2. The van der Waals surface area contributed by atoms with Crippen LogP contribution in [0.3, 0.4) is 0 Å². The number of carbonyl (C=O) groups excluding carboxylic acids is 2. The monoisotopic (exact) mass is 314 g/mol. The molecule has 8 heteroatoms. The molecule has 0 fully saturated rings. The Morgan fingerprint density at radius 2 is 1.90 bits per heavy atom. The molecule has 0 amide bonds. The first kappa shape index (κ1) is 16.9. The van der Waals surface area contributed by atoms with Crippen molar-refractivity contribution in [3.8, 4) is 0 Å². The Bertz CT molecular complexity index is 607. The summed E-state index contributed by atoms with van der Waals surface area (Å²) in [6.07, 6.45) is -0.145. The molecule has 7 nitrogen and oxygen atoms in total. The van der Waals surface area contributed by atoms with E-state index in [1.165, 1.54) is 0 Å². The number of hydrogen-bond acceptors (Lipinski definition) is 6. The molecular formula is C13H14O7S. The first-order chi connectivity index (χ1) is 9.84. The minimum Gasteiger partial charge on any atom is -0.461 e. The quantitative estimate of drug-likeness (QED) is 0.455. The number of ether oxygens (including phenoxy) is 2. The summed E-state index contributed by atoms with van der Waals surface area (Å²) in [7, 11) is -4.79. The van der Waals surface area contributed by atoms with Gasteiger partial charge in [0.2, 0.25) is 0 Å². The summed E-state index contributed by atoms with van der Waals surface area (Å²) in [5.74, 6) is -2.26. The Labute approximate surface area is 121 Å². The molecule has 1 atom stereocenters. The lowest BCUT2D eigenvalue weighted by molar-refractivity contribution is -0.148. The van der Waals surface area contributed by atoms with E-state index in [1.54, 1.807) is 30.3 Å². The predicted molar refractivity (Wildman–Crippen MR) is 72.5 cm³/mol. The van der Waals surface area contributed by atoms with Gasteiger partial charge in [0, 0.05) is 0 Å².